The van der Waals surface area contributed by atoms with Crippen molar-refractivity contribution in [2.24, 2.45) is 15.0 Å². The Kier molecular flexibility index (Phi) is 5.29. The maximum Gasteiger partial charge on any atom is 0.240 e. The Bertz CT molecular complexity index is 689. The van der Waals surface area contributed by atoms with E-state index in [9.17, 15) is 14.4 Å². The molecule has 0 amide bonds. The summed E-state index contributed by atoms with van der Waals surface area (Å²) in [7, 11) is 0. The lowest BCUT2D eigenvalue weighted by Gasteiger charge is -2.32. The van der Waals surface area contributed by atoms with E-state index in [0.717, 1.165) is 32.1 Å². The van der Waals surface area contributed by atoms with E-state index in [1.807, 2.05) is 0 Å². The molecule has 0 saturated heterocycles. The molecule has 6 nitrogen and oxygen atoms in total. The van der Waals surface area contributed by atoms with Gasteiger partial charge in [0.2, 0.25) is 18.2 Å². The number of nitrogens with zero attached hydrogens (tertiary/aromatic N) is 3. The minimum Gasteiger partial charge on any atom is -0.211 e. The second-order valence-electron chi connectivity index (χ2n) is 5.36. The molecule has 6 heteroatoms. The lowest BCUT2D eigenvalue weighted by Crippen LogP contribution is -2.32. The number of rotatable bonds is 5. The summed E-state index contributed by atoms with van der Waals surface area (Å²) >= 11 is 0. The van der Waals surface area contributed by atoms with Gasteiger partial charge in [-0.2, -0.15) is 15.0 Å². The highest BCUT2D eigenvalue weighted by Crippen LogP contribution is 2.39. The molecule has 0 aliphatic heterocycles. The highest BCUT2D eigenvalue weighted by Gasteiger charge is 2.33. The minimum absolute atomic E-state index is 0.261. The maximum atomic E-state index is 10.8. The van der Waals surface area contributed by atoms with Crippen molar-refractivity contribution in [3.8, 4) is 0 Å². The standard InChI is InChI=1S/C16H15N3O3/c20-10-17-14-6-4-5-13(15(14)18-11-21)9-16(19-12-22)7-2-1-3-8-16/h4-6H,1-3,7-9H2. The monoisotopic (exact) mass is 297 g/mol. The highest BCUT2D eigenvalue weighted by molar-refractivity contribution is 5.71. The van der Waals surface area contributed by atoms with Gasteiger partial charge in [-0.05, 0) is 24.5 Å². The van der Waals surface area contributed by atoms with Crippen LogP contribution in [0.2, 0.25) is 0 Å². The van der Waals surface area contributed by atoms with Crippen LogP contribution in [-0.4, -0.2) is 23.8 Å². The van der Waals surface area contributed by atoms with E-state index in [-0.39, 0.29) is 11.4 Å². The van der Waals surface area contributed by atoms with Gasteiger partial charge in [0.1, 0.15) is 11.4 Å². The first-order chi connectivity index (χ1) is 10.7. The first kappa shape index (κ1) is 15.7. The molecule has 1 fully saturated rings. The molecule has 1 saturated carbocycles. The average Bonchev–Trinajstić information content (AvgIpc) is 2.52. The van der Waals surface area contributed by atoms with Gasteiger partial charge in [0.15, 0.2) is 0 Å². The third-order valence-electron chi connectivity index (χ3n) is 4.01. The normalized spacial score (nSPS) is 15.8. The number of para-hydroxylation sites is 1. The Labute approximate surface area is 127 Å². The number of aliphatic imine (C=N–C) groups is 3. The lowest BCUT2D eigenvalue weighted by atomic mass is 9.77. The molecule has 0 radical (unpaired) electrons. The molecule has 0 heterocycles. The molecule has 0 atom stereocenters. The summed E-state index contributed by atoms with van der Waals surface area (Å²) in [5, 5.41) is 0. The Balaban J connectivity index is 2.46. The van der Waals surface area contributed by atoms with Gasteiger partial charge < -0.3 is 0 Å². The van der Waals surface area contributed by atoms with Crippen molar-refractivity contribution in [3.05, 3.63) is 23.8 Å². The van der Waals surface area contributed by atoms with Gasteiger partial charge >= 0.3 is 0 Å². The molecular weight excluding hydrogens is 282 g/mol. The predicted octanol–water partition coefficient (Wildman–Crippen LogP) is 3.20. The van der Waals surface area contributed by atoms with Crippen molar-refractivity contribution < 1.29 is 14.4 Å². The fraction of sp³-hybridized carbons (Fsp3) is 0.438. The predicted molar refractivity (Wildman–Crippen MR) is 79.6 cm³/mol. The van der Waals surface area contributed by atoms with E-state index in [1.54, 1.807) is 24.3 Å². The van der Waals surface area contributed by atoms with E-state index < -0.39 is 5.54 Å². The van der Waals surface area contributed by atoms with Crippen molar-refractivity contribution in [2.45, 2.75) is 44.1 Å². The third kappa shape index (κ3) is 3.51. The van der Waals surface area contributed by atoms with E-state index in [2.05, 4.69) is 15.0 Å². The number of carbonyl (C=O) groups excluding carboxylic acids is 3. The van der Waals surface area contributed by atoms with Crippen molar-refractivity contribution in [1.29, 1.82) is 0 Å². The Morgan fingerprint density at radius 3 is 2.32 bits per heavy atom. The lowest BCUT2D eigenvalue weighted by molar-refractivity contribution is 0.296. The smallest absolute Gasteiger partial charge is 0.211 e. The van der Waals surface area contributed by atoms with Crippen LogP contribution < -0.4 is 0 Å². The summed E-state index contributed by atoms with van der Waals surface area (Å²) in [5.41, 5.74) is 0.737. The van der Waals surface area contributed by atoms with Crippen LogP contribution in [0.15, 0.2) is 33.2 Å². The number of isocyanates is 3. The molecule has 112 valence electrons. The van der Waals surface area contributed by atoms with Crippen LogP contribution in [-0.2, 0) is 20.8 Å². The molecule has 0 N–H and O–H groups in total. The topological polar surface area (TPSA) is 88.3 Å². The zero-order valence-corrected chi connectivity index (χ0v) is 12.0. The molecule has 22 heavy (non-hydrogen) atoms. The summed E-state index contributed by atoms with van der Waals surface area (Å²) in [6.07, 6.45) is 9.72. The van der Waals surface area contributed by atoms with Gasteiger partial charge in [-0.15, -0.1) is 0 Å². The summed E-state index contributed by atoms with van der Waals surface area (Å²) in [6.45, 7) is 0. The highest BCUT2D eigenvalue weighted by atomic mass is 16.1. The molecule has 0 aromatic heterocycles. The molecule has 1 aromatic carbocycles. The van der Waals surface area contributed by atoms with Crippen LogP contribution in [0.3, 0.4) is 0 Å². The fourth-order valence-electron chi connectivity index (χ4n) is 3.02. The first-order valence-corrected chi connectivity index (χ1v) is 7.11. The zero-order chi connectivity index (χ0) is 15.8. The van der Waals surface area contributed by atoms with Crippen LogP contribution in [0.25, 0.3) is 0 Å². The average molecular weight is 297 g/mol. The van der Waals surface area contributed by atoms with Crippen molar-refractivity contribution >= 4 is 29.6 Å². The minimum atomic E-state index is -0.517. The van der Waals surface area contributed by atoms with E-state index in [1.165, 1.54) is 12.2 Å². The number of benzene rings is 1. The van der Waals surface area contributed by atoms with Crippen molar-refractivity contribution in [2.75, 3.05) is 0 Å². The van der Waals surface area contributed by atoms with Gasteiger partial charge in [0, 0.05) is 6.42 Å². The van der Waals surface area contributed by atoms with E-state index in [4.69, 9.17) is 0 Å². The molecule has 1 aliphatic rings. The molecule has 1 aromatic rings. The van der Waals surface area contributed by atoms with Crippen molar-refractivity contribution in [1.82, 2.24) is 0 Å². The molecule has 2 rings (SSSR count). The largest absolute Gasteiger partial charge is 0.240 e. The maximum absolute atomic E-state index is 10.8. The summed E-state index contributed by atoms with van der Waals surface area (Å²) in [5.74, 6) is 0. The summed E-state index contributed by atoms with van der Waals surface area (Å²) in [4.78, 5) is 43.2. The van der Waals surface area contributed by atoms with Crippen LogP contribution in [0.4, 0.5) is 11.4 Å². The van der Waals surface area contributed by atoms with Crippen LogP contribution in [0.1, 0.15) is 37.7 Å². The van der Waals surface area contributed by atoms with Gasteiger partial charge in [-0.3, -0.25) is 0 Å². The molecule has 0 unspecified atom stereocenters. The second kappa shape index (κ2) is 7.39. The van der Waals surface area contributed by atoms with E-state index in [0.29, 0.717) is 12.0 Å². The van der Waals surface area contributed by atoms with Crippen LogP contribution in [0.5, 0.6) is 0 Å². The Morgan fingerprint density at radius 2 is 1.68 bits per heavy atom. The van der Waals surface area contributed by atoms with Gasteiger partial charge in [-0.1, -0.05) is 31.4 Å². The quantitative estimate of drug-likeness (QED) is 0.617. The van der Waals surface area contributed by atoms with Gasteiger partial charge in [0.25, 0.3) is 0 Å². The Hall–Kier alpha value is -2.64. The SMILES string of the molecule is O=C=Nc1cccc(CC2(N=C=O)CCCCC2)c1N=C=O. The summed E-state index contributed by atoms with van der Waals surface area (Å²) in [6, 6.07) is 5.08. The molecular formula is C16H15N3O3. The third-order valence-corrected chi connectivity index (χ3v) is 4.01. The number of hydrogen-bond donors (Lipinski definition) is 0. The number of hydrogen-bond acceptors (Lipinski definition) is 6. The summed E-state index contributed by atoms with van der Waals surface area (Å²) < 4.78 is 0. The molecule has 1 aliphatic carbocycles. The fourth-order valence-corrected chi connectivity index (χ4v) is 3.02. The van der Waals surface area contributed by atoms with Gasteiger partial charge in [0.05, 0.1) is 5.54 Å². The van der Waals surface area contributed by atoms with Gasteiger partial charge in [-0.25, -0.2) is 14.4 Å². The van der Waals surface area contributed by atoms with Crippen LogP contribution in [0, 0.1) is 0 Å². The first-order valence-electron chi connectivity index (χ1n) is 7.11. The second-order valence-corrected chi connectivity index (χ2v) is 5.36. The molecule has 0 bridgehead atoms. The van der Waals surface area contributed by atoms with Crippen molar-refractivity contribution in [3.63, 3.8) is 0 Å². The zero-order valence-electron chi connectivity index (χ0n) is 12.0. The van der Waals surface area contributed by atoms with Crippen LogP contribution >= 0.6 is 0 Å². The van der Waals surface area contributed by atoms with E-state index >= 15 is 0 Å². The molecule has 0 spiro atoms. The Morgan fingerprint density at radius 1 is 0.955 bits per heavy atom.